The molecule has 5 nitrogen and oxygen atoms in total. The van der Waals surface area contributed by atoms with Crippen LogP contribution in [0.3, 0.4) is 0 Å². The number of amides is 1. The van der Waals surface area contributed by atoms with Crippen LogP contribution in [0.2, 0.25) is 0 Å². The highest BCUT2D eigenvalue weighted by Gasteiger charge is 2.36. The summed E-state index contributed by atoms with van der Waals surface area (Å²) in [6, 6.07) is 14.6. The van der Waals surface area contributed by atoms with Gasteiger partial charge in [0.2, 0.25) is 5.91 Å². The van der Waals surface area contributed by atoms with Gasteiger partial charge in [-0.3, -0.25) is 4.79 Å². The van der Waals surface area contributed by atoms with Crippen molar-refractivity contribution in [2.45, 2.75) is 24.9 Å². The zero-order chi connectivity index (χ0) is 17.7. The Morgan fingerprint density at radius 2 is 1.96 bits per heavy atom. The van der Waals surface area contributed by atoms with E-state index < -0.39 is 5.60 Å². The second-order valence-electron chi connectivity index (χ2n) is 5.94. The zero-order valence-electron chi connectivity index (χ0n) is 14.0. The van der Waals surface area contributed by atoms with Gasteiger partial charge in [0.05, 0.1) is 31.3 Å². The molecule has 0 bridgehead atoms. The normalized spacial score (nSPS) is 14.6. The smallest absolute Gasteiger partial charge is 0.227 e. The molecule has 0 spiro atoms. The molecule has 0 aliphatic rings. The predicted octanol–water partition coefficient (Wildman–Crippen LogP) is 3.42. The van der Waals surface area contributed by atoms with Gasteiger partial charge in [0, 0.05) is 5.56 Å². The molecular weight excluding hydrogens is 318 g/mol. The van der Waals surface area contributed by atoms with Crippen LogP contribution in [-0.4, -0.2) is 17.6 Å². The summed E-state index contributed by atoms with van der Waals surface area (Å²) in [6.45, 7) is 1.95. The lowest BCUT2D eigenvalue weighted by atomic mass is 9.92. The zero-order valence-corrected chi connectivity index (χ0v) is 14.0. The number of carbonyl (C=O) groups excluding carboxylic acids is 1. The minimum Gasteiger partial charge on any atom is -0.472 e. The Balaban J connectivity index is 1.79. The van der Waals surface area contributed by atoms with Crippen molar-refractivity contribution in [3.05, 3.63) is 84.2 Å². The van der Waals surface area contributed by atoms with Crippen molar-refractivity contribution < 1.29 is 18.7 Å². The highest BCUT2D eigenvalue weighted by atomic mass is 16.4. The molecular formula is C20H21NO4. The Bertz CT molecular complexity index is 744. The largest absolute Gasteiger partial charge is 0.472 e. The molecule has 2 atom stereocenters. The standard InChI is InChI=1S/C20H21NO4/c1-2-17(15-7-4-3-5-8-15)19(22)21-14-20(23,16-10-12-24-13-16)18-9-6-11-25-18/h3-13,17,23H,2,14H2,1H3,(H,21,22)/t17-,20-/m1/s1. The molecule has 0 saturated carbocycles. The number of hydrogen-bond donors (Lipinski definition) is 2. The van der Waals surface area contributed by atoms with Crippen molar-refractivity contribution in [1.82, 2.24) is 5.32 Å². The van der Waals surface area contributed by atoms with Gasteiger partial charge in [-0.1, -0.05) is 37.3 Å². The van der Waals surface area contributed by atoms with Crippen molar-refractivity contribution in [1.29, 1.82) is 0 Å². The summed E-state index contributed by atoms with van der Waals surface area (Å²) in [5.74, 6) is -0.0597. The summed E-state index contributed by atoms with van der Waals surface area (Å²) < 4.78 is 10.5. The van der Waals surface area contributed by atoms with Crippen LogP contribution in [0.4, 0.5) is 0 Å². The molecule has 1 amide bonds. The molecule has 25 heavy (non-hydrogen) atoms. The van der Waals surface area contributed by atoms with E-state index in [-0.39, 0.29) is 18.4 Å². The molecule has 130 valence electrons. The van der Waals surface area contributed by atoms with Crippen LogP contribution in [0.1, 0.15) is 36.1 Å². The number of rotatable bonds is 7. The molecule has 3 rings (SSSR count). The van der Waals surface area contributed by atoms with Gasteiger partial charge in [-0.2, -0.15) is 0 Å². The predicted molar refractivity (Wildman–Crippen MR) is 92.9 cm³/mol. The molecule has 0 aliphatic carbocycles. The van der Waals surface area contributed by atoms with Gasteiger partial charge in [-0.15, -0.1) is 0 Å². The average molecular weight is 339 g/mol. The van der Waals surface area contributed by atoms with Crippen molar-refractivity contribution in [3.8, 4) is 0 Å². The molecule has 0 aliphatic heterocycles. The molecule has 2 N–H and O–H groups in total. The first kappa shape index (κ1) is 17.0. The van der Waals surface area contributed by atoms with Crippen LogP contribution in [0.15, 0.2) is 76.2 Å². The number of nitrogens with one attached hydrogen (secondary N) is 1. The van der Waals surface area contributed by atoms with Crippen molar-refractivity contribution >= 4 is 5.91 Å². The van der Waals surface area contributed by atoms with E-state index in [4.69, 9.17) is 8.83 Å². The van der Waals surface area contributed by atoms with E-state index in [1.54, 1.807) is 18.2 Å². The highest BCUT2D eigenvalue weighted by molar-refractivity contribution is 5.83. The Hall–Kier alpha value is -2.79. The Morgan fingerprint density at radius 1 is 1.16 bits per heavy atom. The van der Waals surface area contributed by atoms with Crippen LogP contribution < -0.4 is 5.32 Å². The van der Waals surface area contributed by atoms with Gasteiger partial charge in [0.15, 0.2) is 5.60 Å². The summed E-state index contributed by atoms with van der Waals surface area (Å²) in [6.07, 6.45) is 5.08. The van der Waals surface area contributed by atoms with Gasteiger partial charge < -0.3 is 19.3 Å². The third-order valence-corrected chi connectivity index (χ3v) is 4.37. The molecule has 0 unspecified atom stereocenters. The lowest BCUT2D eigenvalue weighted by molar-refractivity contribution is -0.123. The fourth-order valence-electron chi connectivity index (χ4n) is 2.94. The van der Waals surface area contributed by atoms with Crippen LogP contribution in [0, 0.1) is 0 Å². The number of hydrogen-bond acceptors (Lipinski definition) is 4. The Kier molecular flexibility index (Phi) is 5.05. The molecule has 0 radical (unpaired) electrons. The number of aliphatic hydroxyl groups is 1. The molecule has 2 aromatic heterocycles. The number of carbonyl (C=O) groups is 1. The van der Waals surface area contributed by atoms with E-state index >= 15 is 0 Å². The minimum absolute atomic E-state index is 0.0117. The first-order chi connectivity index (χ1) is 12.1. The van der Waals surface area contributed by atoms with Gasteiger partial charge in [-0.05, 0) is 30.2 Å². The minimum atomic E-state index is -1.48. The summed E-state index contributed by atoms with van der Waals surface area (Å²) in [4.78, 5) is 12.7. The highest BCUT2D eigenvalue weighted by Crippen LogP contribution is 2.30. The number of benzene rings is 1. The summed E-state index contributed by atoms with van der Waals surface area (Å²) in [5.41, 5.74) is -0.0101. The maximum absolute atomic E-state index is 12.7. The van der Waals surface area contributed by atoms with Gasteiger partial charge in [-0.25, -0.2) is 0 Å². The van der Waals surface area contributed by atoms with E-state index in [1.165, 1.54) is 18.8 Å². The van der Waals surface area contributed by atoms with Gasteiger partial charge >= 0.3 is 0 Å². The van der Waals surface area contributed by atoms with Gasteiger partial charge in [0.1, 0.15) is 5.76 Å². The van der Waals surface area contributed by atoms with Crippen molar-refractivity contribution in [2.75, 3.05) is 6.54 Å². The third kappa shape index (κ3) is 3.51. The fourth-order valence-corrected chi connectivity index (χ4v) is 2.94. The molecule has 1 aromatic carbocycles. The quantitative estimate of drug-likeness (QED) is 0.691. The van der Waals surface area contributed by atoms with Crippen LogP contribution in [0.25, 0.3) is 0 Å². The monoisotopic (exact) mass is 339 g/mol. The average Bonchev–Trinajstić information content (AvgIpc) is 3.35. The summed E-state index contributed by atoms with van der Waals surface area (Å²) >= 11 is 0. The van der Waals surface area contributed by atoms with E-state index in [0.717, 1.165) is 5.56 Å². The summed E-state index contributed by atoms with van der Waals surface area (Å²) in [7, 11) is 0. The van der Waals surface area contributed by atoms with E-state index in [1.807, 2.05) is 37.3 Å². The van der Waals surface area contributed by atoms with Crippen molar-refractivity contribution in [2.24, 2.45) is 0 Å². The van der Waals surface area contributed by atoms with Crippen LogP contribution in [-0.2, 0) is 10.4 Å². The lowest BCUT2D eigenvalue weighted by Crippen LogP contribution is -2.42. The summed E-state index contributed by atoms with van der Waals surface area (Å²) in [5, 5.41) is 14.0. The van der Waals surface area contributed by atoms with Gasteiger partial charge in [0.25, 0.3) is 0 Å². The van der Waals surface area contributed by atoms with Crippen LogP contribution >= 0.6 is 0 Å². The molecule has 0 saturated heterocycles. The second-order valence-corrected chi connectivity index (χ2v) is 5.94. The topological polar surface area (TPSA) is 75.6 Å². The maximum atomic E-state index is 12.7. The Morgan fingerprint density at radius 3 is 2.56 bits per heavy atom. The molecule has 2 heterocycles. The van der Waals surface area contributed by atoms with E-state index in [0.29, 0.717) is 17.7 Å². The lowest BCUT2D eigenvalue weighted by Gasteiger charge is -2.26. The second kappa shape index (κ2) is 7.40. The third-order valence-electron chi connectivity index (χ3n) is 4.37. The maximum Gasteiger partial charge on any atom is 0.227 e. The molecule has 3 aromatic rings. The molecule has 5 heteroatoms. The van der Waals surface area contributed by atoms with Crippen LogP contribution in [0.5, 0.6) is 0 Å². The fraction of sp³-hybridized carbons (Fsp3) is 0.250. The van der Waals surface area contributed by atoms with E-state index in [2.05, 4.69) is 5.32 Å². The first-order valence-corrected chi connectivity index (χ1v) is 8.27. The molecule has 0 fully saturated rings. The number of furan rings is 2. The van der Waals surface area contributed by atoms with Crippen molar-refractivity contribution in [3.63, 3.8) is 0 Å². The Labute approximate surface area is 146 Å². The van der Waals surface area contributed by atoms with E-state index in [9.17, 15) is 9.90 Å². The SMILES string of the molecule is CC[C@@H](C(=O)NC[C@@](O)(c1ccoc1)c1ccco1)c1ccccc1. The first-order valence-electron chi connectivity index (χ1n) is 8.27.